The molecule has 39 heavy (non-hydrogen) atoms. The van der Waals surface area contributed by atoms with Crippen LogP contribution in [0.4, 0.5) is 14.5 Å². The maximum atomic E-state index is 15.3. The molecule has 1 saturated carbocycles. The van der Waals surface area contributed by atoms with Crippen LogP contribution in [0.25, 0.3) is 16.9 Å². The molecule has 0 radical (unpaired) electrons. The third kappa shape index (κ3) is 4.16. The van der Waals surface area contributed by atoms with Crippen LogP contribution in [-0.2, 0) is 6.42 Å². The number of aliphatic hydroxyl groups excluding tert-OH is 1. The van der Waals surface area contributed by atoms with E-state index in [0.29, 0.717) is 34.8 Å². The largest absolute Gasteiger partial charge is 0.388 e. The van der Waals surface area contributed by atoms with Gasteiger partial charge >= 0.3 is 0 Å². The van der Waals surface area contributed by atoms with Gasteiger partial charge in [-0.05, 0) is 61.6 Å². The van der Waals surface area contributed by atoms with Crippen molar-refractivity contribution in [1.82, 2.24) is 19.5 Å². The molecule has 9 heteroatoms. The van der Waals surface area contributed by atoms with Gasteiger partial charge in [0.05, 0.1) is 18.3 Å². The summed E-state index contributed by atoms with van der Waals surface area (Å²) in [5.41, 5.74) is 5.48. The Hall–Kier alpha value is -3.85. The lowest BCUT2D eigenvalue weighted by atomic mass is 9.93. The fourth-order valence-electron chi connectivity index (χ4n) is 5.97. The number of amides is 1. The Bertz CT molecular complexity index is 1590. The van der Waals surface area contributed by atoms with Crippen molar-refractivity contribution in [3.63, 3.8) is 0 Å². The van der Waals surface area contributed by atoms with E-state index in [9.17, 15) is 14.3 Å². The number of hydrogen-bond acceptors (Lipinski definition) is 5. The molecule has 2 aliphatic heterocycles. The lowest BCUT2D eigenvalue weighted by Crippen LogP contribution is -2.39. The van der Waals surface area contributed by atoms with Crippen LogP contribution in [0.15, 0.2) is 54.6 Å². The minimum Gasteiger partial charge on any atom is -0.388 e. The highest BCUT2D eigenvalue weighted by molar-refractivity contribution is 5.93. The number of carbonyl (C=O) groups excluding carboxylic acids is 1. The molecule has 1 N–H and O–H groups in total. The number of anilines is 1. The van der Waals surface area contributed by atoms with Crippen molar-refractivity contribution >= 4 is 17.2 Å². The molecule has 200 valence electrons. The number of aromatic nitrogens is 3. The standard InChI is InChI=1S/C30H29F2N5O2/c1-17-21-5-3-2-4-18(21)10-11-36(17)30(39)26-13-27(19-6-7-19)37-29(33-26)14-25(34-37)22-9-8-20(12-23(22)31)35-15-24(32)28(38)16-35/h2-5,8-9,12-14,17,19,24,28,38H,6-7,10-11,15-16H2,1H3/t17-,24+,28-/m1/s1. The van der Waals surface area contributed by atoms with E-state index in [4.69, 9.17) is 4.98 Å². The Balaban J connectivity index is 1.22. The highest BCUT2D eigenvalue weighted by Gasteiger charge is 2.33. The molecule has 3 aliphatic rings. The SMILES string of the molecule is C[C@@H]1c2ccccc2CCN1C(=O)c1cc(C2CC2)n2nc(-c3ccc(N4C[C@@H](O)[C@@H](F)C4)cc3F)cc2n1. The Morgan fingerprint density at radius 2 is 1.90 bits per heavy atom. The first-order valence-electron chi connectivity index (χ1n) is 13.5. The van der Waals surface area contributed by atoms with Gasteiger partial charge in [-0.1, -0.05) is 24.3 Å². The van der Waals surface area contributed by atoms with Crippen molar-refractivity contribution in [1.29, 1.82) is 0 Å². The third-order valence-electron chi connectivity index (χ3n) is 8.34. The van der Waals surface area contributed by atoms with Crippen LogP contribution in [0, 0.1) is 5.82 Å². The van der Waals surface area contributed by atoms with Crippen LogP contribution in [0.1, 0.15) is 59.0 Å². The van der Waals surface area contributed by atoms with E-state index in [1.54, 1.807) is 27.6 Å². The molecule has 1 aliphatic carbocycles. The number of alkyl halides is 1. The van der Waals surface area contributed by atoms with Crippen LogP contribution in [0.3, 0.4) is 0 Å². The van der Waals surface area contributed by atoms with Crippen LogP contribution >= 0.6 is 0 Å². The summed E-state index contributed by atoms with van der Waals surface area (Å²) >= 11 is 0. The molecule has 7 rings (SSSR count). The highest BCUT2D eigenvalue weighted by Crippen LogP contribution is 2.41. The summed E-state index contributed by atoms with van der Waals surface area (Å²) in [5.74, 6) is -0.312. The summed E-state index contributed by atoms with van der Waals surface area (Å²) in [4.78, 5) is 21.9. The Morgan fingerprint density at radius 3 is 2.64 bits per heavy atom. The first-order chi connectivity index (χ1) is 18.9. The van der Waals surface area contributed by atoms with Gasteiger partial charge in [-0.15, -0.1) is 0 Å². The molecule has 0 spiro atoms. The number of rotatable bonds is 4. The number of carbonyl (C=O) groups is 1. The molecule has 7 nitrogen and oxygen atoms in total. The molecule has 2 aromatic carbocycles. The highest BCUT2D eigenvalue weighted by atomic mass is 19.1. The number of halogens is 2. The molecule has 1 saturated heterocycles. The molecule has 4 aromatic rings. The molecule has 1 amide bonds. The molecule has 4 heterocycles. The number of benzene rings is 2. The van der Waals surface area contributed by atoms with Gasteiger partial charge in [0.25, 0.3) is 5.91 Å². The zero-order chi connectivity index (χ0) is 26.8. The van der Waals surface area contributed by atoms with E-state index in [-0.39, 0.29) is 31.0 Å². The Morgan fingerprint density at radius 1 is 1.08 bits per heavy atom. The molecular formula is C30H29F2N5O2. The lowest BCUT2D eigenvalue weighted by Gasteiger charge is -2.35. The molecular weight excluding hydrogens is 500 g/mol. The van der Waals surface area contributed by atoms with Crippen molar-refractivity contribution in [2.75, 3.05) is 24.5 Å². The topological polar surface area (TPSA) is 74.0 Å². The van der Waals surface area contributed by atoms with E-state index >= 15 is 4.39 Å². The maximum Gasteiger partial charge on any atom is 0.273 e. The van der Waals surface area contributed by atoms with E-state index in [1.807, 2.05) is 23.1 Å². The van der Waals surface area contributed by atoms with Crippen molar-refractivity contribution < 1.29 is 18.7 Å². The maximum absolute atomic E-state index is 15.3. The Labute approximate surface area is 224 Å². The van der Waals surface area contributed by atoms with Crippen LogP contribution in [0.5, 0.6) is 0 Å². The number of β-amino-alcohol motifs (C(OH)–C–C–N with tert-alkyl or cyclic N) is 1. The van der Waals surface area contributed by atoms with Crippen molar-refractivity contribution in [3.8, 4) is 11.3 Å². The first kappa shape index (κ1) is 24.2. The van der Waals surface area contributed by atoms with Crippen molar-refractivity contribution in [3.05, 3.63) is 82.9 Å². The second-order valence-electron chi connectivity index (χ2n) is 10.9. The summed E-state index contributed by atoms with van der Waals surface area (Å²) in [6.45, 7) is 2.83. The number of fused-ring (bicyclic) bond motifs is 2. The van der Waals surface area contributed by atoms with Gasteiger partial charge in [0.15, 0.2) is 5.65 Å². The van der Waals surface area contributed by atoms with Gasteiger partial charge < -0.3 is 14.9 Å². The zero-order valence-corrected chi connectivity index (χ0v) is 21.6. The summed E-state index contributed by atoms with van der Waals surface area (Å²) in [5, 5.41) is 14.4. The summed E-state index contributed by atoms with van der Waals surface area (Å²) in [6.07, 6.45) is 0.402. The Kier molecular flexibility index (Phi) is 5.66. The van der Waals surface area contributed by atoms with Crippen LogP contribution in [0.2, 0.25) is 0 Å². The van der Waals surface area contributed by atoms with Crippen molar-refractivity contribution in [2.24, 2.45) is 0 Å². The van der Waals surface area contributed by atoms with E-state index in [1.165, 1.54) is 11.6 Å². The predicted octanol–water partition coefficient (Wildman–Crippen LogP) is 4.69. The van der Waals surface area contributed by atoms with E-state index in [2.05, 4.69) is 24.2 Å². The number of aliphatic hydroxyl groups is 1. The molecule has 3 atom stereocenters. The summed E-state index contributed by atoms with van der Waals surface area (Å²) in [6, 6.07) is 16.4. The second-order valence-corrected chi connectivity index (χ2v) is 10.9. The van der Waals surface area contributed by atoms with E-state index in [0.717, 1.165) is 30.5 Å². The molecule has 0 unspecified atom stereocenters. The quantitative estimate of drug-likeness (QED) is 0.415. The average molecular weight is 530 g/mol. The van der Waals surface area contributed by atoms with Gasteiger partial charge in [-0.3, -0.25) is 4.79 Å². The summed E-state index contributed by atoms with van der Waals surface area (Å²) < 4.78 is 30.8. The minimum atomic E-state index is -1.35. The van der Waals surface area contributed by atoms with E-state index < -0.39 is 18.1 Å². The summed E-state index contributed by atoms with van der Waals surface area (Å²) in [7, 11) is 0. The predicted molar refractivity (Wildman–Crippen MR) is 143 cm³/mol. The van der Waals surface area contributed by atoms with Gasteiger partial charge in [0.2, 0.25) is 0 Å². The fourth-order valence-corrected chi connectivity index (χ4v) is 5.97. The van der Waals surface area contributed by atoms with Gasteiger partial charge in [0.1, 0.15) is 23.8 Å². The average Bonchev–Trinajstić information content (AvgIpc) is 3.61. The van der Waals surface area contributed by atoms with Crippen molar-refractivity contribution in [2.45, 2.75) is 50.4 Å². The number of hydrogen-bond donors (Lipinski definition) is 1. The van der Waals surface area contributed by atoms with Gasteiger partial charge in [-0.25, -0.2) is 18.3 Å². The molecule has 2 aromatic heterocycles. The van der Waals surface area contributed by atoms with Gasteiger partial charge in [0, 0.05) is 42.0 Å². The monoisotopic (exact) mass is 529 g/mol. The third-order valence-corrected chi connectivity index (χ3v) is 8.34. The normalized spacial score (nSPS) is 22.9. The molecule has 0 bridgehead atoms. The number of nitrogens with zero attached hydrogens (tertiary/aromatic N) is 5. The van der Waals surface area contributed by atoms with Gasteiger partial charge in [-0.2, -0.15) is 5.10 Å². The second kappa shape index (κ2) is 9.12. The first-order valence-corrected chi connectivity index (χ1v) is 13.5. The lowest BCUT2D eigenvalue weighted by molar-refractivity contribution is 0.0671. The molecule has 2 fully saturated rings. The zero-order valence-electron chi connectivity index (χ0n) is 21.6. The van der Waals surface area contributed by atoms with Crippen LogP contribution in [-0.4, -0.2) is 62.4 Å². The smallest absolute Gasteiger partial charge is 0.273 e. The minimum absolute atomic E-state index is 0.0288. The van der Waals surface area contributed by atoms with Crippen LogP contribution < -0.4 is 4.90 Å². The fraction of sp³-hybridized carbons (Fsp3) is 0.367.